The highest BCUT2D eigenvalue weighted by molar-refractivity contribution is 5.97. The van der Waals surface area contributed by atoms with Gasteiger partial charge in [0.1, 0.15) is 11.0 Å². The molecule has 1 aliphatic carbocycles. The maximum absolute atomic E-state index is 13.0. The van der Waals surface area contributed by atoms with Crippen LogP contribution in [0.5, 0.6) is 0 Å². The number of carbonyl (C=O) groups is 2. The van der Waals surface area contributed by atoms with Gasteiger partial charge in [-0.2, -0.15) is 15.4 Å². The van der Waals surface area contributed by atoms with E-state index in [-0.39, 0.29) is 35.5 Å². The minimum Gasteiger partial charge on any atom is -0.466 e. The van der Waals surface area contributed by atoms with Gasteiger partial charge in [0.25, 0.3) is 5.91 Å². The van der Waals surface area contributed by atoms with Crippen LogP contribution in [0.1, 0.15) is 24.2 Å². The lowest BCUT2D eigenvalue weighted by molar-refractivity contribution is -0.152. The van der Waals surface area contributed by atoms with Crippen molar-refractivity contribution < 1.29 is 14.3 Å². The molecule has 1 N–H and O–H groups in total. The fourth-order valence-corrected chi connectivity index (χ4v) is 4.21. The molecule has 1 aromatic heterocycles. The molecule has 0 saturated carbocycles. The summed E-state index contributed by atoms with van der Waals surface area (Å²) in [5.74, 6) is 0.0392. The molecular formula is C19H22N4O3. The van der Waals surface area contributed by atoms with E-state index in [4.69, 9.17) is 4.74 Å². The molecule has 7 nitrogen and oxygen atoms in total. The van der Waals surface area contributed by atoms with Crippen LogP contribution < -0.4 is 0 Å². The first-order valence-electron chi connectivity index (χ1n) is 9.03. The number of carbonyl (C=O) groups excluding carboxylic acids is 2. The van der Waals surface area contributed by atoms with Gasteiger partial charge in [-0.25, -0.2) is 0 Å². The van der Waals surface area contributed by atoms with E-state index >= 15 is 0 Å². The van der Waals surface area contributed by atoms with Crippen LogP contribution >= 0.6 is 0 Å². The summed E-state index contributed by atoms with van der Waals surface area (Å²) in [4.78, 5) is 27.2. The van der Waals surface area contributed by atoms with Crippen molar-refractivity contribution in [3.63, 3.8) is 0 Å². The molecule has 2 aliphatic rings. The Hall–Kier alpha value is -2.70. The number of likely N-dealkylation sites (tertiary alicyclic amines) is 1. The molecule has 136 valence electrons. The number of nitrogens with zero attached hydrogens (tertiary/aromatic N) is 3. The van der Waals surface area contributed by atoms with Crippen molar-refractivity contribution in [2.45, 2.75) is 13.8 Å². The molecule has 0 radical (unpaired) electrons. The lowest BCUT2D eigenvalue weighted by atomic mass is 9.72. The van der Waals surface area contributed by atoms with E-state index in [1.807, 2.05) is 18.7 Å². The molecule has 0 unspecified atom stereocenters. The van der Waals surface area contributed by atoms with Crippen molar-refractivity contribution in [2.75, 3.05) is 19.7 Å². The number of esters is 1. The highest BCUT2D eigenvalue weighted by atomic mass is 16.5. The molecule has 0 spiro atoms. The summed E-state index contributed by atoms with van der Waals surface area (Å²) in [6, 6.07) is 5.32. The van der Waals surface area contributed by atoms with Crippen molar-refractivity contribution in [3.8, 4) is 0 Å². The minimum atomic E-state index is -0.194. The third-order valence-electron chi connectivity index (χ3n) is 5.51. The highest BCUT2D eigenvalue weighted by Crippen LogP contribution is 2.40. The van der Waals surface area contributed by atoms with Crippen molar-refractivity contribution in [1.82, 2.24) is 20.3 Å². The van der Waals surface area contributed by atoms with Gasteiger partial charge in [0.05, 0.1) is 12.5 Å². The number of nitrogens with one attached hydrogen (secondary N) is 1. The van der Waals surface area contributed by atoms with E-state index in [0.29, 0.717) is 30.8 Å². The Balaban J connectivity index is 1.55. The Labute approximate surface area is 151 Å². The second-order valence-electron chi connectivity index (χ2n) is 7.09. The first-order chi connectivity index (χ1) is 12.6. The van der Waals surface area contributed by atoms with Gasteiger partial charge >= 0.3 is 5.97 Å². The van der Waals surface area contributed by atoms with Gasteiger partial charge < -0.3 is 9.64 Å². The van der Waals surface area contributed by atoms with Crippen LogP contribution in [0.25, 0.3) is 11.0 Å². The fourth-order valence-electron chi connectivity index (χ4n) is 4.21. The zero-order chi connectivity index (χ0) is 18.3. The average Bonchev–Trinajstić information content (AvgIpc) is 3.26. The van der Waals surface area contributed by atoms with Gasteiger partial charge in [0.15, 0.2) is 0 Å². The topological polar surface area (TPSA) is 88.2 Å². The van der Waals surface area contributed by atoms with Gasteiger partial charge in [-0.05, 0) is 42.9 Å². The van der Waals surface area contributed by atoms with Gasteiger partial charge in [-0.15, -0.1) is 0 Å². The third-order valence-corrected chi connectivity index (χ3v) is 5.51. The molecule has 7 heteroatoms. The number of hydrogen-bond donors (Lipinski definition) is 1. The van der Waals surface area contributed by atoms with E-state index in [1.165, 1.54) is 0 Å². The van der Waals surface area contributed by atoms with Crippen molar-refractivity contribution >= 4 is 22.9 Å². The normalized spacial score (nSPS) is 27.5. The summed E-state index contributed by atoms with van der Waals surface area (Å²) < 4.78 is 5.28. The molecule has 1 saturated heterocycles. The number of allylic oxidation sites excluding steroid dienone is 1. The van der Waals surface area contributed by atoms with E-state index in [0.717, 1.165) is 5.52 Å². The first kappa shape index (κ1) is 16.8. The molecule has 2 heterocycles. The summed E-state index contributed by atoms with van der Waals surface area (Å²) in [6.07, 6.45) is 4.23. The van der Waals surface area contributed by atoms with Gasteiger partial charge in [-0.3, -0.25) is 9.59 Å². The standard InChI is InChI=1S/C19H22N4O3/c1-3-26-19(25)17-11(2)4-5-13-9-23(10-14(13)17)18(24)12-6-7-15-16(8-12)21-22-20-15/h4-8,11,13-14,17H,3,9-10H2,1-2H3,(H,20,21,22)/t11-,13-,14-,17-/m0/s1. The molecule has 1 aromatic carbocycles. The Kier molecular flexibility index (Phi) is 4.22. The average molecular weight is 354 g/mol. The summed E-state index contributed by atoms with van der Waals surface area (Å²) in [5.41, 5.74) is 2.00. The van der Waals surface area contributed by atoms with Gasteiger partial charge in [-0.1, -0.05) is 19.1 Å². The van der Waals surface area contributed by atoms with Crippen LogP contribution in [0.3, 0.4) is 0 Å². The van der Waals surface area contributed by atoms with Crippen LogP contribution in [-0.4, -0.2) is 51.9 Å². The summed E-state index contributed by atoms with van der Waals surface area (Å²) in [7, 11) is 0. The lowest BCUT2D eigenvalue weighted by Crippen LogP contribution is -2.37. The monoisotopic (exact) mass is 354 g/mol. The summed E-state index contributed by atoms with van der Waals surface area (Å²) >= 11 is 0. The number of hydrogen-bond acceptors (Lipinski definition) is 5. The van der Waals surface area contributed by atoms with E-state index in [1.54, 1.807) is 18.2 Å². The van der Waals surface area contributed by atoms with E-state index < -0.39 is 0 Å². The zero-order valence-electron chi connectivity index (χ0n) is 14.9. The molecule has 1 aliphatic heterocycles. The number of benzene rings is 1. The van der Waals surface area contributed by atoms with Crippen LogP contribution in [0.15, 0.2) is 30.4 Å². The first-order valence-corrected chi connectivity index (χ1v) is 9.03. The zero-order valence-corrected chi connectivity index (χ0v) is 14.9. The van der Waals surface area contributed by atoms with Crippen LogP contribution in [-0.2, 0) is 9.53 Å². The number of rotatable bonds is 3. The summed E-state index contributed by atoms with van der Waals surface area (Å²) in [6.45, 7) is 5.43. The van der Waals surface area contributed by atoms with Gasteiger partial charge in [0, 0.05) is 18.7 Å². The van der Waals surface area contributed by atoms with Crippen molar-refractivity contribution in [1.29, 1.82) is 0 Å². The number of fused-ring (bicyclic) bond motifs is 2. The van der Waals surface area contributed by atoms with Gasteiger partial charge in [0.2, 0.25) is 0 Å². The smallest absolute Gasteiger partial charge is 0.309 e. The fraction of sp³-hybridized carbons (Fsp3) is 0.474. The second-order valence-corrected chi connectivity index (χ2v) is 7.09. The number of aromatic amines is 1. The summed E-state index contributed by atoms with van der Waals surface area (Å²) in [5, 5.41) is 10.6. The Morgan fingerprint density at radius 1 is 1.23 bits per heavy atom. The molecule has 4 rings (SSSR count). The largest absolute Gasteiger partial charge is 0.466 e. The van der Waals surface area contributed by atoms with Crippen LogP contribution in [0.2, 0.25) is 0 Å². The maximum Gasteiger partial charge on any atom is 0.309 e. The SMILES string of the molecule is CCOC(=O)[C@@H]1[C@H]2CN(C(=O)c3ccc4n[nH]nc4c3)C[C@@H]2C=C[C@@H]1C. The molecule has 1 fully saturated rings. The highest BCUT2D eigenvalue weighted by Gasteiger charge is 2.46. The predicted octanol–water partition coefficient (Wildman–Crippen LogP) is 2.03. The Morgan fingerprint density at radius 3 is 2.85 bits per heavy atom. The van der Waals surface area contributed by atoms with Crippen LogP contribution in [0, 0.1) is 23.7 Å². The quantitative estimate of drug-likeness (QED) is 0.673. The number of amides is 1. The molecule has 0 bridgehead atoms. The lowest BCUT2D eigenvalue weighted by Gasteiger charge is -2.31. The molecule has 26 heavy (non-hydrogen) atoms. The number of ether oxygens (including phenoxy) is 1. The van der Waals surface area contributed by atoms with E-state index in [2.05, 4.69) is 27.6 Å². The minimum absolute atomic E-state index is 0.0343. The number of H-pyrrole nitrogens is 1. The molecule has 2 aromatic rings. The molecular weight excluding hydrogens is 332 g/mol. The molecule has 4 atom stereocenters. The molecule has 1 amide bonds. The predicted molar refractivity (Wildman–Crippen MR) is 95.2 cm³/mol. The van der Waals surface area contributed by atoms with Crippen LogP contribution in [0.4, 0.5) is 0 Å². The number of aromatic nitrogens is 3. The van der Waals surface area contributed by atoms with Crippen molar-refractivity contribution in [2.24, 2.45) is 23.7 Å². The second kappa shape index (κ2) is 6.55. The third kappa shape index (κ3) is 2.77. The Bertz CT molecular complexity index is 875. The van der Waals surface area contributed by atoms with Crippen molar-refractivity contribution in [3.05, 3.63) is 35.9 Å². The van der Waals surface area contributed by atoms with E-state index in [9.17, 15) is 9.59 Å². The maximum atomic E-state index is 13.0. The Morgan fingerprint density at radius 2 is 2.04 bits per heavy atom.